The summed E-state index contributed by atoms with van der Waals surface area (Å²) in [5, 5.41) is 15.0. The Kier molecular flexibility index (Phi) is 6.26. The number of carbonyl (C=O) groups excluding carboxylic acids is 2. The second-order valence-electron chi connectivity index (χ2n) is 9.74. The molecule has 0 radical (unpaired) electrons. The normalized spacial score (nSPS) is 25.1. The average Bonchev–Trinajstić information content (AvgIpc) is 3.36. The number of alkyl carbamates (subject to hydrolysis) is 1. The zero-order valence-electron chi connectivity index (χ0n) is 19.0. The van der Waals surface area contributed by atoms with Crippen molar-refractivity contribution >= 4 is 18.0 Å². The minimum Gasteiger partial charge on any atom is -0.481 e. The summed E-state index contributed by atoms with van der Waals surface area (Å²) >= 11 is 0. The van der Waals surface area contributed by atoms with Crippen LogP contribution in [0.3, 0.4) is 0 Å². The van der Waals surface area contributed by atoms with Crippen molar-refractivity contribution in [3.05, 3.63) is 59.7 Å². The molecule has 3 N–H and O–H groups in total. The average molecular weight is 463 g/mol. The Bertz CT molecular complexity index is 1050. The number of ether oxygens (including phenoxy) is 1. The Morgan fingerprint density at radius 2 is 1.56 bits per heavy atom. The molecule has 2 unspecified atom stereocenters. The van der Waals surface area contributed by atoms with Crippen LogP contribution in [0.15, 0.2) is 48.5 Å². The summed E-state index contributed by atoms with van der Waals surface area (Å²) in [6, 6.07) is 16.3. The van der Waals surface area contributed by atoms with E-state index >= 15 is 0 Å². The first-order valence-electron chi connectivity index (χ1n) is 12.1. The van der Waals surface area contributed by atoms with Gasteiger partial charge in [-0.25, -0.2) is 4.79 Å². The number of amides is 2. The maximum absolute atomic E-state index is 12.6. The minimum atomic E-state index is -0.817. The van der Waals surface area contributed by atoms with Crippen molar-refractivity contribution in [3.8, 4) is 11.1 Å². The van der Waals surface area contributed by atoms with Gasteiger partial charge in [0.2, 0.25) is 5.91 Å². The standard InChI is InChI=1S/C27H30N2O5/c30-25(31)14-16-6-5-11-24(16)29-26(32)17-12-18(13-17)28-27(33)34-15-23-21-9-3-1-7-19(21)20-8-2-4-10-22(20)23/h1-4,7-10,16-18,23-24H,5-6,11-15H2,(H,28,33)(H,29,32)(H,30,31). The van der Waals surface area contributed by atoms with Crippen LogP contribution in [0, 0.1) is 11.8 Å². The van der Waals surface area contributed by atoms with E-state index in [0.717, 1.165) is 19.3 Å². The lowest BCUT2D eigenvalue weighted by Crippen LogP contribution is -2.51. The molecule has 2 aromatic rings. The second kappa shape index (κ2) is 9.49. The number of carbonyl (C=O) groups is 3. The van der Waals surface area contributed by atoms with Crippen molar-refractivity contribution in [3.63, 3.8) is 0 Å². The van der Waals surface area contributed by atoms with Gasteiger partial charge in [-0.05, 0) is 53.9 Å². The third-order valence-corrected chi connectivity index (χ3v) is 7.60. The molecule has 5 rings (SSSR count). The van der Waals surface area contributed by atoms with Crippen LogP contribution in [-0.4, -0.2) is 41.8 Å². The van der Waals surface area contributed by atoms with E-state index in [1.54, 1.807) is 0 Å². The second-order valence-corrected chi connectivity index (χ2v) is 9.74. The van der Waals surface area contributed by atoms with Gasteiger partial charge in [-0.1, -0.05) is 55.0 Å². The fourth-order valence-electron chi connectivity index (χ4n) is 5.75. The molecule has 3 aliphatic carbocycles. The highest BCUT2D eigenvalue weighted by atomic mass is 16.5. The molecule has 3 aliphatic rings. The van der Waals surface area contributed by atoms with E-state index < -0.39 is 12.1 Å². The van der Waals surface area contributed by atoms with Crippen LogP contribution in [0.4, 0.5) is 4.79 Å². The highest BCUT2D eigenvalue weighted by Gasteiger charge is 2.38. The molecule has 2 saturated carbocycles. The Labute approximate surface area is 198 Å². The summed E-state index contributed by atoms with van der Waals surface area (Å²) in [6.07, 6.45) is 3.41. The van der Waals surface area contributed by atoms with Gasteiger partial charge in [0.25, 0.3) is 0 Å². The van der Waals surface area contributed by atoms with Gasteiger partial charge in [0.15, 0.2) is 0 Å². The van der Waals surface area contributed by atoms with Crippen molar-refractivity contribution < 1.29 is 24.2 Å². The summed E-state index contributed by atoms with van der Waals surface area (Å²) in [7, 11) is 0. The minimum absolute atomic E-state index is 0.0104. The van der Waals surface area contributed by atoms with Crippen molar-refractivity contribution in [2.75, 3.05) is 6.61 Å². The molecule has 0 aliphatic heterocycles. The van der Waals surface area contributed by atoms with Crippen molar-refractivity contribution in [2.24, 2.45) is 11.8 Å². The first-order chi connectivity index (χ1) is 16.5. The number of nitrogens with one attached hydrogen (secondary N) is 2. The number of hydrogen-bond acceptors (Lipinski definition) is 4. The van der Waals surface area contributed by atoms with Crippen LogP contribution >= 0.6 is 0 Å². The van der Waals surface area contributed by atoms with Crippen molar-refractivity contribution in [2.45, 2.75) is 56.5 Å². The molecule has 34 heavy (non-hydrogen) atoms. The summed E-state index contributed by atoms with van der Waals surface area (Å²) < 4.78 is 5.59. The van der Waals surface area contributed by atoms with Crippen LogP contribution in [-0.2, 0) is 14.3 Å². The Morgan fingerprint density at radius 1 is 0.912 bits per heavy atom. The number of benzene rings is 2. The first kappa shape index (κ1) is 22.4. The van der Waals surface area contributed by atoms with E-state index in [1.165, 1.54) is 22.3 Å². The molecule has 2 amide bonds. The zero-order valence-corrected chi connectivity index (χ0v) is 19.0. The van der Waals surface area contributed by atoms with E-state index in [0.29, 0.717) is 12.8 Å². The lowest BCUT2D eigenvalue weighted by atomic mass is 9.79. The zero-order chi connectivity index (χ0) is 23.7. The number of hydrogen-bond donors (Lipinski definition) is 3. The molecule has 0 bridgehead atoms. The van der Waals surface area contributed by atoms with Gasteiger partial charge in [-0.15, -0.1) is 0 Å². The SMILES string of the molecule is O=C(O)CC1CCCC1NC(=O)C1CC(NC(=O)OCC2c3ccccc3-c3ccccc32)C1. The number of carboxylic acid groups (broad SMARTS) is 1. The molecular weight excluding hydrogens is 432 g/mol. The van der Waals surface area contributed by atoms with E-state index in [9.17, 15) is 14.4 Å². The third kappa shape index (κ3) is 4.52. The third-order valence-electron chi connectivity index (χ3n) is 7.60. The summed E-state index contributed by atoms with van der Waals surface area (Å²) in [6.45, 7) is 0.267. The number of carboxylic acids is 1. The Morgan fingerprint density at radius 3 is 2.21 bits per heavy atom. The van der Waals surface area contributed by atoms with Crippen LogP contribution in [0.5, 0.6) is 0 Å². The highest BCUT2D eigenvalue weighted by molar-refractivity contribution is 5.81. The summed E-state index contributed by atoms with van der Waals surface area (Å²) in [4.78, 5) is 36.0. The number of rotatable bonds is 7. The van der Waals surface area contributed by atoms with Crippen molar-refractivity contribution in [1.82, 2.24) is 10.6 Å². The van der Waals surface area contributed by atoms with Gasteiger partial charge in [0, 0.05) is 23.9 Å². The smallest absolute Gasteiger partial charge is 0.407 e. The van der Waals surface area contributed by atoms with Crippen LogP contribution in [0.1, 0.15) is 55.6 Å². The first-order valence-corrected chi connectivity index (χ1v) is 12.1. The molecule has 2 atom stereocenters. The number of fused-ring (bicyclic) bond motifs is 3. The Balaban J connectivity index is 1.08. The van der Waals surface area contributed by atoms with E-state index in [4.69, 9.17) is 9.84 Å². The maximum atomic E-state index is 12.6. The number of aliphatic carboxylic acids is 1. The largest absolute Gasteiger partial charge is 0.481 e. The molecule has 2 aromatic carbocycles. The lowest BCUT2D eigenvalue weighted by Gasteiger charge is -2.35. The molecular formula is C27H30N2O5. The van der Waals surface area contributed by atoms with Crippen LogP contribution in [0.2, 0.25) is 0 Å². The quantitative estimate of drug-likeness (QED) is 0.576. The summed E-state index contributed by atoms with van der Waals surface area (Å²) in [5.41, 5.74) is 4.72. The van der Waals surface area contributed by atoms with Gasteiger partial charge in [-0.2, -0.15) is 0 Å². The molecule has 0 aromatic heterocycles. The molecule has 0 heterocycles. The van der Waals surface area contributed by atoms with Gasteiger partial charge in [0.05, 0.1) is 6.42 Å². The predicted molar refractivity (Wildman–Crippen MR) is 126 cm³/mol. The van der Waals surface area contributed by atoms with E-state index in [2.05, 4.69) is 34.9 Å². The van der Waals surface area contributed by atoms with E-state index in [1.807, 2.05) is 24.3 Å². The van der Waals surface area contributed by atoms with E-state index in [-0.39, 0.29) is 48.8 Å². The maximum Gasteiger partial charge on any atom is 0.407 e. The molecule has 2 fully saturated rings. The molecule has 178 valence electrons. The molecule has 7 nitrogen and oxygen atoms in total. The summed E-state index contributed by atoms with van der Waals surface area (Å²) in [5.74, 6) is -0.973. The van der Waals surface area contributed by atoms with Crippen LogP contribution in [0.25, 0.3) is 11.1 Å². The lowest BCUT2D eigenvalue weighted by molar-refractivity contribution is -0.139. The highest BCUT2D eigenvalue weighted by Crippen LogP contribution is 2.44. The van der Waals surface area contributed by atoms with Gasteiger partial charge < -0.3 is 20.5 Å². The van der Waals surface area contributed by atoms with Crippen LogP contribution < -0.4 is 10.6 Å². The fraction of sp³-hybridized carbons (Fsp3) is 0.444. The molecule has 0 spiro atoms. The Hall–Kier alpha value is -3.35. The molecule has 7 heteroatoms. The topological polar surface area (TPSA) is 105 Å². The van der Waals surface area contributed by atoms with Gasteiger partial charge in [-0.3, -0.25) is 9.59 Å². The fourth-order valence-corrected chi connectivity index (χ4v) is 5.75. The van der Waals surface area contributed by atoms with Crippen molar-refractivity contribution in [1.29, 1.82) is 0 Å². The molecule has 0 saturated heterocycles. The monoisotopic (exact) mass is 462 g/mol. The predicted octanol–water partition coefficient (Wildman–Crippen LogP) is 4.06. The van der Waals surface area contributed by atoms with Gasteiger partial charge >= 0.3 is 12.1 Å². The van der Waals surface area contributed by atoms with Gasteiger partial charge in [0.1, 0.15) is 6.61 Å².